The lowest BCUT2D eigenvalue weighted by atomic mass is 10.1. The number of pyridine rings is 1. The van der Waals surface area contributed by atoms with Crippen molar-refractivity contribution in [2.45, 2.75) is 6.92 Å². The molecular weight excluding hydrogens is 280 g/mol. The fraction of sp³-hybridized carbons (Fsp3) is 0.0909. The summed E-state index contributed by atoms with van der Waals surface area (Å²) in [6.07, 6.45) is 3.16. The first-order chi connectivity index (χ1) is 9.66. The van der Waals surface area contributed by atoms with Crippen LogP contribution in [-0.4, -0.2) is 41.3 Å². The van der Waals surface area contributed by atoms with E-state index in [0.717, 1.165) is 5.01 Å². The van der Waals surface area contributed by atoms with Gasteiger partial charge in [0.15, 0.2) is 5.69 Å². The molecule has 100 valence electrons. The van der Waals surface area contributed by atoms with Crippen LogP contribution in [0.4, 0.5) is 0 Å². The maximum Gasteiger partial charge on any atom is 0.358 e. The lowest BCUT2D eigenvalue weighted by Gasteiger charge is -2.02. The zero-order chi connectivity index (χ0) is 14.1. The summed E-state index contributed by atoms with van der Waals surface area (Å²) in [7, 11) is 0. The molecule has 0 aliphatic rings. The molecule has 0 fully saturated rings. The van der Waals surface area contributed by atoms with E-state index in [1.54, 1.807) is 31.5 Å². The van der Waals surface area contributed by atoms with Gasteiger partial charge in [-0.15, -0.1) is 15.3 Å². The maximum atomic E-state index is 11.3. The molecule has 0 saturated carbocycles. The summed E-state index contributed by atoms with van der Waals surface area (Å²) >= 11 is 1.30. The molecule has 0 saturated heterocycles. The first-order valence-corrected chi connectivity index (χ1v) is 6.38. The Labute approximate surface area is 116 Å². The number of nitrogens with zero attached hydrogens (tertiary/aromatic N) is 6. The van der Waals surface area contributed by atoms with Gasteiger partial charge in [-0.3, -0.25) is 4.98 Å². The fourth-order valence-electron chi connectivity index (χ4n) is 1.69. The molecule has 1 N–H and O–H groups in total. The highest BCUT2D eigenvalue weighted by Crippen LogP contribution is 2.25. The number of carboxylic acid groups (broad SMARTS) is 1. The van der Waals surface area contributed by atoms with Crippen molar-refractivity contribution in [1.82, 2.24) is 30.2 Å². The van der Waals surface area contributed by atoms with Crippen LogP contribution in [0.25, 0.3) is 16.4 Å². The fourth-order valence-corrected chi connectivity index (χ4v) is 2.34. The minimum Gasteiger partial charge on any atom is -0.476 e. The van der Waals surface area contributed by atoms with E-state index in [4.69, 9.17) is 0 Å². The topological polar surface area (TPSA) is 107 Å². The third kappa shape index (κ3) is 2.03. The molecule has 3 aromatic heterocycles. The second-order valence-electron chi connectivity index (χ2n) is 3.85. The normalized spacial score (nSPS) is 10.7. The summed E-state index contributed by atoms with van der Waals surface area (Å²) in [6, 6.07) is 3.45. The van der Waals surface area contributed by atoms with Gasteiger partial charge >= 0.3 is 5.97 Å². The van der Waals surface area contributed by atoms with E-state index >= 15 is 0 Å². The van der Waals surface area contributed by atoms with Crippen LogP contribution >= 0.6 is 11.3 Å². The van der Waals surface area contributed by atoms with Gasteiger partial charge in [0.25, 0.3) is 0 Å². The standard InChI is InChI=1S/C11H8N6O2S/c1-6-13-15-11(20-6)17-9(7-3-2-4-12-5-7)8(10(18)19)14-16-17/h2-5H,1H3,(H,18,19). The van der Waals surface area contributed by atoms with Crippen LogP contribution in [0.2, 0.25) is 0 Å². The molecule has 0 aliphatic carbocycles. The monoisotopic (exact) mass is 288 g/mol. The van der Waals surface area contributed by atoms with Crippen molar-refractivity contribution in [3.8, 4) is 16.4 Å². The molecular formula is C11H8N6O2S. The number of aryl methyl sites for hydroxylation is 1. The van der Waals surface area contributed by atoms with E-state index in [9.17, 15) is 9.90 Å². The highest BCUT2D eigenvalue weighted by Gasteiger charge is 2.23. The molecule has 3 heterocycles. The molecule has 9 heteroatoms. The lowest BCUT2D eigenvalue weighted by Crippen LogP contribution is -2.03. The van der Waals surface area contributed by atoms with Crippen LogP contribution in [0.5, 0.6) is 0 Å². The van der Waals surface area contributed by atoms with Crippen molar-refractivity contribution in [3.63, 3.8) is 0 Å². The van der Waals surface area contributed by atoms with Gasteiger partial charge in [0, 0.05) is 18.0 Å². The molecule has 0 atom stereocenters. The largest absolute Gasteiger partial charge is 0.476 e. The molecule has 20 heavy (non-hydrogen) atoms. The van der Waals surface area contributed by atoms with Crippen LogP contribution in [0, 0.1) is 6.92 Å². The van der Waals surface area contributed by atoms with Crippen LogP contribution in [0.15, 0.2) is 24.5 Å². The molecule has 0 aromatic carbocycles. The van der Waals surface area contributed by atoms with Crippen LogP contribution < -0.4 is 0 Å². The minimum atomic E-state index is -1.16. The number of rotatable bonds is 3. The molecule has 3 aromatic rings. The Morgan fingerprint density at radius 3 is 2.80 bits per heavy atom. The van der Waals surface area contributed by atoms with Crippen molar-refractivity contribution in [2.75, 3.05) is 0 Å². The third-order valence-corrected chi connectivity index (χ3v) is 3.32. The highest BCUT2D eigenvalue weighted by atomic mass is 32.1. The van der Waals surface area contributed by atoms with Crippen molar-refractivity contribution >= 4 is 17.3 Å². The van der Waals surface area contributed by atoms with Gasteiger partial charge in [0.05, 0.1) is 0 Å². The minimum absolute atomic E-state index is 0.147. The van der Waals surface area contributed by atoms with Crippen molar-refractivity contribution in [1.29, 1.82) is 0 Å². The Hall–Kier alpha value is -2.68. The summed E-state index contributed by atoms with van der Waals surface area (Å²) in [5.74, 6) is -1.16. The van der Waals surface area contributed by atoms with E-state index in [-0.39, 0.29) is 5.69 Å². The average molecular weight is 288 g/mol. The maximum absolute atomic E-state index is 11.3. The number of hydrogen-bond donors (Lipinski definition) is 1. The van der Waals surface area contributed by atoms with Gasteiger partial charge < -0.3 is 5.11 Å². The summed E-state index contributed by atoms with van der Waals surface area (Å²) < 4.78 is 1.37. The van der Waals surface area contributed by atoms with Gasteiger partial charge in [-0.1, -0.05) is 16.6 Å². The van der Waals surface area contributed by atoms with Gasteiger partial charge in [0.1, 0.15) is 10.7 Å². The average Bonchev–Trinajstić information content (AvgIpc) is 3.05. The molecule has 0 spiro atoms. The molecule has 3 rings (SSSR count). The molecule has 8 nitrogen and oxygen atoms in total. The highest BCUT2D eigenvalue weighted by molar-refractivity contribution is 7.13. The Kier molecular flexibility index (Phi) is 2.95. The molecule has 0 aliphatic heterocycles. The summed E-state index contributed by atoms with van der Waals surface area (Å²) in [5, 5.41) is 25.9. The van der Waals surface area contributed by atoms with Crippen molar-refractivity contribution in [2.24, 2.45) is 0 Å². The number of hydrogen-bond acceptors (Lipinski definition) is 7. The second kappa shape index (κ2) is 4.78. The third-order valence-electron chi connectivity index (χ3n) is 2.50. The lowest BCUT2D eigenvalue weighted by molar-refractivity contribution is 0.0691. The summed E-state index contributed by atoms with van der Waals surface area (Å²) in [4.78, 5) is 15.3. The molecule has 0 bridgehead atoms. The Morgan fingerprint density at radius 2 is 2.20 bits per heavy atom. The summed E-state index contributed by atoms with van der Waals surface area (Å²) in [6.45, 7) is 1.81. The zero-order valence-corrected chi connectivity index (χ0v) is 11.1. The van der Waals surface area contributed by atoms with E-state index < -0.39 is 5.97 Å². The van der Waals surface area contributed by atoms with E-state index in [2.05, 4.69) is 25.5 Å². The molecule has 0 amide bonds. The van der Waals surface area contributed by atoms with E-state index in [1.165, 1.54) is 16.0 Å². The van der Waals surface area contributed by atoms with Gasteiger partial charge in [-0.05, 0) is 19.1 Å². The quantitative estimate of drug-likeness (QED) is 0.771. The molecule has 0 unspecified atom stereocenters. The smallest absolute Gasteiger partial charge is 0.358 e. The van der Waals surface area contributed by atoms with Gasteiger partial charge in [-0.25, -0.2) is 4.79 Å². The van der Waals surface area contributed by atoms with E-state index in [0.29, 0.717) is 16.4 Å². The summed E-state index contributed by atoms with van der Waals surface area (Å²) in [5.41, 5.74) is 0.787. The number of aromatic nitrogens is 6. The van der Waals surface area contributed by atoms with E-state index in [1.807, 2.05) is 0 Å². The second-order valence-corrected chi connectivity index (χ2v) is 5.01. The van der Waals surface area contributed by atoms with Crippen molar-refractivity contribution < 1.29 is 9.90 Å². The number of aromatic carboxylic acids is 1. The Morgan fingerprint density at radius 1 is 1.35 bits per heavy atom. The SMILES string of the molecule is Cc1nnc(-n2nnc(C(=O)O)c2-c2cccnc2)s1. The predicted octanol–water partition coefficient (Wildman–Crippen LogP) is 1.19. The Balaban J connectivity index is 2.24. The zero-order valence-electron chi connectivity index (χ0n) is 10.3. The molecule has 0 radical (unpaired) electrons. The van der Waals surface area contributed by atoms with Crippen LogP contribution in [0.3, 0.4) is 0 Å². The first-order valence-electron chi connectivity index (χ1n) is 5.56. The number of carboxylic acids is 1. The van der Waals surface area contributed by atoms with Gasteiger partial charge in [-0.2, -0.15) is 4.68 Å². The van der Waals surface area contributed by atoms with Crippen LogP contribution in [-0.2, 0) is 0 Å². The Bertz CT molecular complexity index is 766. The van der Waals surface area contributed by atoms with Crippen molar-refractivity contribution in [3.05, 3.63) is 35.2 Å². The first kappa shape index (κ1) is 12.4. The number of carbonyl (C=O) groups is 1. The predicted molar refractivity (Wildman–Crippen MR) is 69.8 cm³/mol. The van der Waals surface area contributed by atoms with Gasteiger partial charge in [0.2, 0.25) is 5.13 Å². The van der Waals surface area contributed by atoms with Crippen LogP contribution in [0.1, 0.15) is 15.5 Å².